The monoisotopic (exact) mass is 546 g/mol. The molecule has 1 saturated heterocycles. The molecule has 1 aliphatic heterocycles. The van der Waals surface area contributed by atoms with Gasteiger partial charge in [0.1, 0.15) is 11.5 Å². The van der Waals surface area contributed by atoms with Gasteiger partial charge < -0.3 is 9.84 Å². The standard InChI is InChI=1S/C30H27ClN2O4S/c1-5-37-23-14-20(9-11-21(23)31)27(34)25-26(19-8-6-7-17(4)13-19)33(29(36)28(25)35)30-32-22-12-10-18(16(2)3)15-24(22)38-30/h6-16,26,34H,5H2,1-4H3/b27-25+. The number of hydrogen-bond acceptors (Lipinski definition) is 6. The number of aliphatic hydroxyl groups excluding tert-OH is 1. The highest BCUT2D eigenvalue weighted by Gasteiger charge is 2.48. The summed E-state index contributed by atoms with van der Waals surface area (Å²) < 4.78 is 6.51. The zero-order valence-corrected chi connectivity index (χ0v) is 23.1. The predicted molar refractivity (Wildman–Crippen MR) is 152 cm³/mol. The summed E-state index contributed by atoms with van der Waals surface area (Å²) in [5, 5.41) is 12.2. The van der Waals surface area contributed by atoms with E-state index in [2.05, 4.69) is 19.9 Å². The second-order valence-corrected chi connectivity index (χ2v) is 11.0. The van der Waals surface area contributed by atoms with Crippen molar-refractivity contribution in [3.05, 3.63) is 93.5 Å². The minimum absolute atomic E-state index is 0.00695. The largest absolute Gasteiger partial charge is 0.507 e. The molecule has 0 radical (unpaired) electrons. The van der Waals surface area contributed by atoms with Crippen LogP contribution in [0.15, 0.2) is 66.2 Å². The molecule has 2 heterocycles. The number of rotatable bonds is 6. The summed E-state index contributed by atoms with van der Waals surface area (Å²) in [4.78, 5) is 33.2. The second kappa shape index (κ2) is 10.2. The van der Waals surface area contributed by atoms with Gasteiger partial charge in [-0.1, -0.05) is 72.7 Å². The van der Waals surface area contributed by atoms with E-state index >= 15 is 0 Å². The van der Waals surface area contributed by atoms with Crippen LogP contribution in [0.3, 0.4) is 0 Å². The summed E-state index contributed by atoms with van der Waals surface area (Å²) in [6, 6.07) is 17.5. The molecule has 1 N–H and O–H groups in total. The lowest BCUT2D eigenvalue weighted by Gasteiger charge is -2.23. The van der Waals surface area contributed by atoms with Crippen LogP contribution >= 0.6 is 22.9 Å². The molecule has 194 valence electrons. The van der Waals surface area contributed by atoms with Gasteiger partial charge in [-0.05, 0) is 61.2 Å². The van der Waals surface area contributed by atoms with E-state index in [0.29, 0.717) is 39.6 Å². The Labute approximate surface area is 230 Å². The van der Waals surface area contributed by atoms with Crippen molar-refractivity contribution in [2.24, 2.45) is 0 Å². The number of hydrogen-bond donors (Lipinski definition) is 1. The van der Waals surface area contributed by atoms with Crippen LogP contribution in [0.4, 0.5) is 5.13 Å². The zero-order chi connectivity index (χ0) is 27.1. The number of aryl methyl sites for hydroxylation is 1. The van der Waals surface area contributed by atoms with Crippen LogP contribution in [-0.2, 0) is 9.59 Å². The fraction of sp³-hybridized carbons (Fsp3) is 0.233. The molecule has 38 heavy (non-hydrogen) atoms. The molecule has 8 heteroatoms. The Balaban J connectivity index is 1.71. The van der Waals surface area contributed by atoms with Crippen molar-refractivity contribution < 1.29 is 19.4 Å². The van der Waals surface area contributed by atoms with Crippen molar-refractivity contribution in [3.8, 4) is 5.75 Å². The Morgan fingerprint density at radius 2 is 1.92 bits per heavy atom. The second-order valence-electron chi connectivity index (χ2n) is 9.54. The third kappa shape index (κ3) is 4.57. The van der Waals surface area contributed by atoms with Crippen molar-refractivity contribution in [3.63, 3.8) is 0 Å². The highest BCUT2D eigenvalue weighted by molar-refractivity contribution is 7.22. The fourth-order valence-electron chi connectivity index (χ4n) is 4.65. The number of nitrogens with zero attached hydrogens (tertiary/aromatic N) is 2. The van der Waals surface area contributed by atoms with Crippen molar-refractivity contribution in [1.82, 2.24) is 4.98 Å². The van der Waals surface area contributed by atoms with Gasteiger partial charge in [-0.3, -0.25) is 14.5 Å². The molecule has 0 spiro atoms. The number of aromatic nitrogens is 1. The molecular formula is C30H27ClN2O4S. The number of anilines is 1. The summed E-state index contributed by atoms with van der Waals surface area (Å²) >= 11 is 7.60. The Hall–Kier alpha value is -3.68. The summed E-state index contributed by atoms with van der Waals surface area (Å²) in [6.07, 6.45) is 0. The Morgan fingerprint density at radius 1 is 1.13 bits per heavy atom. The fourth-order valence-corrected chi connectivity index (χ4v) is 5.86. The number of benzene rings is 3. The lowest BCUT2D eigenvalue weighted by molar-refractivity contribution is -0.132. The average molecular weight is 547 g/mol. The maximum absolute atomic E-state index is 13.5. The average Bonchev–Trinajstić information content (AvgIpc) is 3.42. The molecule has 0 saturated carbocycles. The van der Waals surface area contributed by atoms with Crippen LogP contribution in [0.2, 0.25) is 5.02 Å². The van der Waals surface area contributed by atoms with E-state index in [1.165, 1.54) is 16.2 Å². The lowest BCUT2D eigenvalue weighted by Crippen LogP contribution is -2.29. The molecule has 1 aliphatic rings. The minimum Gasteiger partial charge on any atom is -0.507 e. The van der Waals surface area contributed by atoms with Gasteiger partial charge in [-0.2, -0.15) is 0 Å². The Kier molecular flexibility index (Phi) is 6.99. The molecule has 4 aromatic rings. The van der Waals surface area contributed by atoms with Crippen molar-refractivity contribution >= 4 is 55.7 Å². The number of carbonyl (C=O) groups is 2. The molecule has 0 bridgehead atoms. The summed E-state index contributed by atoms with van der Waals surface area (Å²) in [5.74, 6) is -1.08. The van der Waals surface area contributed by atoms with Crippen molar-refractivity contribution in [1.29, 1.82) is 0 Å². The maximum Gasteiger partial charge on any atom is 0.301 e. The molecular weight excluding hydrogens is 520 g/mol. The number of thiazole rings is 1. The summed E-state index contributed by atoms with van der Waals surface area (Å²) in [6.45, 7) is 8.39. The quantitative estimate of drug-likeness (QED) is 0.155. The first-order chi connectivity index (χ1) is 18.2. The van der Waals surface area contributed by atoms with Crippen molar-refractivity contribution in [2.75, 3.05) is 11.5 Å². The number of halogens is 1. The van der Waals surface area contributed by atoms with Crippen LogP contribution in [0.25, 0.3) is 16.0 Å². The highest BCUT2D eigenvalue weighted by atomic mass is 35.5. The number of fused-ring (bicyclic) bond motifs is 1. The summed E-state index contributed by atoms with van der Waals surface area (Å²) in [5.41, 5.74) is 3.90. The SMILES string of the molecule is CCOc1cc(/C(O)=C2\C(=O)C(=O)N(c3nc4ccc(C(C)C)cc4s3)C2c2cccc(C)c2)ccc1Cl. The first-order valence-corrected chi connectivity index (χ1v) is 13.6. The molecule has 0 aliphatic carbocycles. The van der Waals surface area contributed by atoms with E-state index in [-0.39, 0.29) is 11.3 Å². The molecule has 3 aromatic carbocycles. The van der Waals surface area contributed by atoms with Crippen LogP contribution in [0.5, 0.6) is 5.75 Å². The first-order valence-electron chi connectivity index (χ1n) is 12.4. The number of Topliss-reactive ketones (excluding diaryl/α,β-unsaturated/α-hetero) is 1. The van der Waals surface area contributed by atoms with E-state index < -0.39 is 17.7 Å². The van der Waals surface area contributed by atoms with E-state index in [0.717, 1.165) is 21.3 Å². The number of amides is 1. The third-order valence-electron chi connectivity index (χ3n) is 6.58. The van der Waals surface area contributed by atoms with Crippen LogP contribution in [0, 0.1) is 6.92 Å². The van der Waals surface area contributed by atoms with Gasteiger partial charge >= 0.3 is 5.91 Å². The molecule has 5 rings (SSSR count). The number of carbonyl (C=O) groups excluding carboxylic acids is 2. The normalized spacial score (nSPS) is 17.1. The Bertz CT molecular complexity index is 1610. The van der Waals surface area contributed by atoms with Gasteiger partial charge in [-0.25, -0.2) is 4.98 Å². The third-order valence-corrected chi connectivity index (χ3v) is 7.91. The Morgan fingerprint density at radius 3 is 2.63 bits per heavy atom. The zero-order valence-electron chi connectivity index (χ0n) is 21.5. The maximum atomic E-state index is 13.5. The van der Waals surface area contributed by atoms with E-state index in [1.54, 1.807) is 18.2 Å². The number of aliphatic hydroxyl groups is 1. The van der Waals surface area contributed by atoms with Gasteiger partial charge in [-0.15, -0.1) is 0 Å². The lowest BCUT2D eigenvalue weighted by atomic mass is 9.94. The van der Waals surface area contributed by atoms with E-state index in [9.17, 15) is 14.7 Å². The molecule has 1 atom stereocenters. The molecule has 1 aromatic heterocycles. The van der Waals surface area contributed by atoms with Crippen molar-refractivity contribution in [2.45, 2.75) is 39.7 Å². The summed E-state index contributed by atoms with van der Waals surface area (Å²) in [7, 11) is 0. The van der Waals surface area contributed by atoms with Gasteiger partial charge in [0.25, 0.3) is 5.78 Å². The van der Waals surface area contributed by atoms with Crippen LogP contribution < -0.4 is 9.64 Å². The van der Waals surface area contributed by atoms with E-state index in [4.69, 9.17) is 21.3 Å². The van der Waals surface area contributed by atoms with Gasteiger partial charge in [0, 0.05) is 5.56 Å². The topological polar surface area (TPSA) is 79.7 Å². The molecule has 1 amide bonds. The van der Waals surface area contributed by atoms with E-state index in [1.807, 2.05) is 50.2 Å². The number of ether oxygens (including phenoxy) is 1. The first kappa shape index (κ1) is 25.9. The molecule has 1 fully saturated rings. The number of ketones is 1. The minimum atomic E-state index is -0.855. The predicted octanol–water partition coefficient (Wildman–Crippen LogP) is 7.41. The molecule has 1 unspecified atom stereocenters. The highest BCUT2D eigenvalue weighted by Crippen LogP contribution is 2.45. The molecule has 6 nitrogen and oxygen atoms in total. The smallest absolute Gasteiger partial charge is 0.301 e. The van der Waals surface area contributed by atoms with Gasteiger partial charge in [0.05, 0.1) is 33.5 Å². The van der Waals surface area contributed by atoms with Gasteiger partial charge in [0.2, 0.25) is 0 Å². The van der Waals surface area contributed by atoms with Crippen LogP contribution in [0.1, 0.15) is 55.0 Å². The van der Waals surface area contributed by atoms with Crippen LogP contribution in [-0.4, -0.2) is 28.4 Å². The van der Waals surface area contributed by atoms with Gasteiger partial charge in [0.15, 0.2) is 5.13 Å².